The van der Waals surface area contributed by atoms with E-state index in [2.05, 4.69) is 20.5 Å². The Kier molecular flexibility index (Phi) is 4.35. The Bertz CT molecular complexity index is 586. The van der Waals surface area contributed by atoms with Crippen LogP contribution in [0.1, 0.15) is 37.9 Å². The largest absolute Gasteiger partial charge is 0.337 e. The summed E-state index contributed by atoms with van der Waals surface area (Å²) in [5.74, 6) is 1.46. The van der Waals surface area contributed by atoms with Gasteiger partial charge in [0.1, 0.15) is 5.82 Å². The smallest absolute Gasteiger partial charge is 0.227 e. The Morgan fingerprint density at radius 2 is 2.21 bits per heavy atom. The van der Waals surface area contributed by atoms with Crippen molar-refractivity contribution in [3.63, 3.8) is 0 Å². The summed E-state index contributed by atoms with van der Waals surface area (Å²) >= 11 is 0. The molecule has 4 rings (SSSR count). The number of carbonyl (C=O) groups is 1. The van der Waals surface area contributed by atoms with E-state index < -0.39 is 0 Å². The van der Waals surface area contributed by atoms with Crippen LogP contribution in [0.4, 0.5) is 0 Å². The standard InChI is InChI=1S/C18H29N5O/c1-22-10-9-21-16(22)13-23(17(24)14-3-2-6-20-12-14)15-11-18(15)4-7-19-8-5-18/h9-10,14-15,19-20H,2-8,11-13H2,1H3/t14-,15+/m0/s1. The molecule has 132 valence electrons. The summed E-state index contributed by atoms with van der Waals surface area (Å²) < 4.78 is 2.04. The van der Waals surface area contributed by atoms with E-state index in [-0.39, 0.29) is 5.92 Å². The van der Waals surface area contributed by atoms with Crippen molar-refractivity contribution in [3.8, 4) is 0 Å². The van der Waals surface area contributed by atoms with Crippen molar-refractivity contribution in [2.24, 2.45) is 18.4 Å². The van der Waals surface area contributed by atoms with E-state index in [1.165, 1.54) is 19.3 Å². The van der Waals surface area contributed by atoms with Crippen molar-refractivity contribution in [2.45, 2.75) is 44.7 Å². The summed E-state index contributed by atoms with van der Waals surface area (Å²) in [4.78, 5) is 19.9. The summed E-state index contributed by atoms with van der Waals surface area (Å²) in [5.41, 5.74) is 0.369. The Hall–Kier alpha value is -1.40. The molecule has 2 saturated heterocycles. The minimum absolute atomic E-state index is 0.137. The van der Waals surface area contributed by atoms with E-state index in [4.69, 9.17) is 0 Å². The molecule has 1 saturated carbocycles. The van der Waals surface area contributed by atoms with Crippen molar-refractivity contribution in [1.82, 2.24) is 25.1 Å². The number of hydrogen-bond acceptors (Lipinski definition) is 4. The summed E-state index contributed by atoms with van der Waals surface area (Å²) in [6.07, 6.45) is 9.48. The Morgan fingerprint density at radius 1 is 1.38 bits per heavy atom. The maximum Gasteiger partial charge on any atom is 0.227 e. The average Bonchev–Trinajstić information content (AvgIpc) is 3.13. The summed E-state index contributed by atoms with van der Waals surface area (Å²) in [7, 11) is 2.01. The molecule has 3 aliphatic rings. The molecule has 2 atom stereocenters. The zero-order valence-electron chi connectivity index (χ0n) is 14.6. The molecule has 6 heteroatoms. The van der Waals surface area contributed by atoms with Crippen molar-refractivity contribution in [2.75, 3.05) is 26.2 Å². The van der Waals surface area contributed by atoms with Crippen LogP contribution in [0.25, 0.3) is 0 Å². The molecule has 1 spiro atoms. The highest BCUT2D eigenvalue weighted by molar-refractivity contribution is 5.80. The lowest BCUT2D eigenvalue weighted by molar-refractivity contribution is -0.138. The SMILES string of the molecule is Cn1ccnc1CN(C(=O)[C@H]1CCCNC1)[C@@H]1CC12CCNCC2. The summed E-state index contributed by atoms with van der Waals surface area (Å²) in [5, 5.41) is 6.85. The monoisotopic (exact) mass is 331 g/mol. The van der Waals surface area contributed by atoms with Crippen molar-refractivity contribution < 1.29 is 4.79 Å². The molecule has 1 aliphatic carbocycles. The third-order valence-electron chi connectivity index (χ3n) is 6.28. The maximum atomic E-state index is 13.3. The van der Waals surface area contributed by atoms with Gasteiger partial charge in [-0.15, -0.1) is 0 Å². The predicted molar refractivity (Wildman–Crippen MR) is 92.3 cm³/mol. The zero-order valence-corrected chi connectivity index (χ0v) is 14.6. The minimum Gasteiger partial charge on any atom is -0.337 e. The van der Waals surface area contributed by atoms with Crippen molar-refractivity contribution in [3.05, 3.63) is 18.2 Å². The lowest BCUT2D eigenvalue weighted by Crippen LogP contribution is -2.46. The lowest BCUT2D eigenvalue weighted by atomic mass is 9.92. The van der Waals surface area contributed by atoms with E-state index in [1.54, 1.807) is 0 Å². The number of amides is 1. The second-order valence-corrected chi connectivity index (χ2v) is 7.80. The molecule has 24 heavy (non-hydrogen) atoms. The van der Waals surface area contributed by atoms with Gasteiger partial charge in [-0.3, -0.25) is 4.79 Å². The highest BCUT2D eigenvalue weighted by Gasteiger charge is 2.58. The van der Waals surface area contributed by atoms with Crippen LogP contribution in [-0.2, 0) is 18.4 Å². The van der Waals surface area contributed by atoms with Crippen LogP contribution in [0, 0.1) is 11.3 Å². The van der Waals surface area contributed by atoms with Gasteiger partial charge in [-0.2, -0.15) is 0 Å². The molecular formula is C18H29N5O. The fraction of sp³-hybridized carbons (Fsp3) is 0.778. The van der Waals surface area contributed by atoms with Crippen LogP contribution in [0.5, 0.6) is 0 Å². The number of aryl methyl sites for hydroxylation is 1. The van der Waals surface area contributed by atoms with E-state index in [1.807, 2.05) is 24.0 Å². The van der Waals surface area contributed by atoms with Gasteiger partial charge in [-0.25, -0.2) is 4.98 Å². The topological polar surface area (TPSA) is 62.2 Å². The number of imidazole rings is 1. The van der Waals surface area contributed by atoms with E-state index in [0.29, 0.717) is 23.9 Å². The molecule has 2 N–H and O–H groups in total. The molecule has 1 amide bonds. The van der Waals surface area contributed by atoms with Crippen LogP contribution in [0.3, 0.4) is 0 Å². The van der Waals surface area contributed by atoms with Gasteiger partial charge in [0, 0.05) is 32.0 Å². The van der Waals surface area contributed by atoms with Gasteiger partial charge in [-0.05, 0) is 57.2 Å². The molecule has 3 fully saturated rings. The maximum absolute atomic E-state index is 13.3. The van der Waals surface area contributed by atoms with Crippen molar-refractivity contribution >= 4 is 5.91 Å². The highest BCUT2D eigenvalue weighted by Crippen LogP contribution is 2.56. The lowest BCUT2D eigenvalue weighted by Gasteiger charge is -2.33. The number of rotatable bonds is 4. The number of aromatic nitrogens is 2. The van der Waals surface area contributed by atoms with E-state index in [0.717, 1.165) is 44.8 Å². The highest BCUT2D eigenvalue weighted by atomic mass is 16.2. The fourth-order valence-electron chi connectivity index (χ4n) is 4.57. The van der Waals surface area contributed by atoms with Gasteiger partial charge in [0.05, 0.1) is 12.5 Å². The molecule has 3 heterocycles. The van der Waals surface area contributed by atoms with Gasteiger partial charge in [-0.1, -0.05) is 0 Å². The normalized spacial score (nSPS) is 28.7. The molecule has 0 bridgehead atoms. The van der Waals surface area contributed by atoms with Crippen LogP contribution < -0.4 is 10.6 Å². The van der Waals surface area contributed by atoms with Crippen LogP contribution >= 0.6 is 0 Å². The number of piperidine rings is 2. The molecule has 1 aromatic heterocycles. The third-order valence-corrected chi connectivity index (χ3v) is 6.28. The first-order valence-corrected chi connectivity index (χ1v) is 9.38. The van der Waals surface area contributed by atoms with Gasteiger partial charge < -0.3 is 20.1 Å². The van der Waals surface area contributed by atoms with E-state index >= 15 is 0 Å². The number of nitrogens with one attached hydrogen (secondary N) is 2. The Labute approximate surface area is 144 Å². The second kappa shape index (κ2) is 6.48. The molecule has 1 aromatic rings. The number of carbonyl (C=O) groups excluding carboxylic acids is 1. The Morgan fingerprint density at radius 3 is 2.88 bits per heavy atom. The molecular weight excluding hydrogens is 302 g/mol. The van der Waals surface area contributed by atoms with Gasteiger partial charge in [0.25, 0.3) is 0 Å². The molecule has 0 unspecified atom stereocenters. The molecule has 2 aliphatic heterocycles. The second-order valence-electron chi connectivity index (χ2n) is 7.80. The first-order valence-electron chi connectivity index (χ1n) is 9.38. The van der Waals surface area contributed by atoms with E-state index in [9.17, 15) is 4.79 Å². The Balaban J connectivity index is 1.53. The molecule has 0 aromatic carbocycles. The average molecular weight is 331 g/mol. The van der Waals surface area contributed by atoms with Crippen molar-refractivity contribution in [1.29, 1.82) is 0 Å². The zero-order chi connectivity index (χ0) is 16.6. The van der Waals surface area contributed by atoms with Gasteiger partial charge in [0.15, 0.2) is 0 Å². The van der Waals surface area contributed by atoms with Gasteiger partial charge in [0.2, 0.25) is 5.91 Å². The number of nitrogens with zero attached hydrogens (tertiary/aromatic N) is 3. The quantitative estimate of drug-likeness (QED) is 0.860. The fourth-order valence-corrected chi connectivity index (χ4v) is 4.57. The first kappa shape index (κ1) is 16.1. The summed E-state index contributed by atoms with van der Waals surface area (Å²) in [6, 6.07) is 0.408. The summed E-state index contributed by atoms with van der Waals surface area (Å²) in [6.45, 7) is 4.70. The minimum atomic E-state index is 0.137. The van der Waals surface area contributed by atoms with Crippen LogP contribution in [0.2, 0.25) is 0 Å². The predicted octanol–water partition coefficient (Wildman–Crippen LogP) is 0.890. The molecule has 6 nitrogen and oxygen atoms in total. The number of hydrogen-bond donors (Lipinski definition) is 2. The third kappa shape index (κ3) is 2.97. The van der Waals surface area contributed by atoms with Crippen LogP contribution in [0.15, 0.2) is 12.4 Å². The van der Waals surface area contributed by atoms with Gasteiger partial charge >= 0.3 is 0 Å². The van der Waals surface area contributed by atoms with Crippen LogP contribution in [-0.4, -0.2) is 52.6 Å². The first-order chi connectivity index (χ1) is 11.7. The molecule has 0 radical (unpaired) electrons.